The van der Waals surface area contributed by atoms with Crippen LogP contribution in [0.25, 0.3) is 22.3 Å². The summed E-state index contributed by atoms with van der Waals surface area (Å²) in [6, 6.07) is 3.95. The second-order valence-electron chi connectivity index (χ2n) is 9.45. The molecule has 13 heteroatoms. The monoisotopic (exact) mass is 523 g/mol. The smallest absolute Gasteiger partial charge is 0.256 e. The van der Waals surface area contributed by atoms with Crippen molar-refractivity contribution in [1.29, 1.82) is 0 Å². The molecule has 4 aromatic rings. The molecule has 0 amide bonds. The van der Waals surface area contributed by atoms with Crippen molar-refractivity contribution in [2.45, 2.75) is 44.4 Å². The SMILES string of the molecule is CC[C@@H](C)n1nc(N2CCOCC2)c2cnc(Nc3ccnc(-c4cnn(S(=O)(=O)C5CC5)c4)n3)cc21. The van der Waals surface area contributed by atoms with Gasteiger partial charge in [0.25, 0.3) is 10.0 Å². The van der Waals surface area contributed by atoms with Crippen LogP contribution in [-0.2, 0) is 14.8 Å². The number of rotatable bonds is 8. The molecule has 1 aliphatic heterocycles. The third kappa shape index (κ3) is 4.53. The minimum atomic E-state index is -3.45. The van der Waals surface area contributed by atoms with E-state index in [2.05, 4.69) is 48.8 Å². The van der Waals surface area contributed by atoms with E-state index in [0.717, 1.165) is 40.3 Å². The number of nitrogens with one attached hydrogen (secondary N) is 1. The molecule has 37 heavy (non-hydrogen) atoms. The summed E-state index contributed by atoms with van der Waals surface area (Å²) in [6.07, 6.45) is 8.71. The molecule has 1 saturated carbocycles. The second-order valence-corrected chi connectivity index (χ2v) is 11.5. The van der Waals surface area contributed by atoms with Crippen molar-refractivity contribution in [3.05, 3.63) is 36.9 Å². The lowest BCUT2D eigenvalue weighted by molar-refractivity contribution is 0.122. The predicted molar refractivity (Wildman–Crippen MR) is 139 cm³/mol. The van der Waals surface area contributed by atoms with E-state index in [9.17, 15) is 8.42 Å². The van der Waals surface area contributed by atoms with Crippen molar-refractivity contribution in [2.75, 3.05) is 36.5 Å². The number of ether oxygens (including phenoxy) is 1. The number of morpholine rings is 1. The zero-order valence-electron chi connectivity index (χ0n) is 20.8. The van der Waals surface area contributed by atoms with E-state index in [1.165, 1.54) is 12.4 Å². The van der Waals surface area contributed by atoms with Crippen LogP contribution in [0.5, 0.6) is 0 Å². The van der Waals surface area contributed by atoms with Gasteiger partial charge in [-0.3, -0.25) is 4.68 Å². The molecule has 0 unspecified atom stereocenters. The van der Waals surface area contributed by atoms with Crippen LogP contribution in [0.3, 0.4) is 0 Å². The maximum absolute atomic E-state index is 12.5. The van der Waals surface area contributed by atoms with E-state index < -0.39 is 10.0 Å². The Labute approximate surface area is 214 Å². The van der Waals surface area contributed by atoms with Gasteiger partial charge in [-0.15, -0.1) is 0 Å². The third-order valence-corrected chi connectivity index (χ3v) is 8.86. The summed E-state index contributed by atoms with van der Waals surface area (Å²) in [5.74, 6) is 2.47. The summed E-state index contributed by atoms with van der Waals surface area (Å²) in [5.41, 5.74) is 1.52. The molecule has 12 nitrogen and oxygen atoms in total. The Morgan fingerprint density at radius 1 is 1.16 bits per heavy atom. The summed E-state index contributed by atoms with van der Waals surface area (Å²) in [7, 11) is -3.45. The topological polar surface area (TPSA) is 133 Å². The fourth-order valence-electron chi connectivity index (χ4n) is 4.38. The first kappa shape index (κ1) is 23.8. The summed E-state index contributed by atoms with van der Waals surface area (Å²) >= 11 is 0. The zero-order valence-corrected chi connectivity index (χ0v) is 21.6. The van der Waals surface area contributed by atoms with Gasteiger partial charge in [-0.25, -0.2) is 23.4 Å². The maximum atomic E-state index is 12.5. The van der Waals surface area contributed by atoms with Crippen LogP contribution in [0.2, 0.25) is 0 Å². The van der Waals surface area contributed by atoms with Gasteiger partial charge in [0.2, 0.25) is 0 Å². The van der Waals surface area contributed by atoms with Gasteiger partial charge in [-0.1, -0.05) is 6.92 Å². The second kappa shape index (κ2) is 9.38. The first-order chi connectivity index (χ1) is 17.9. The number of aromatic nitrogens is 7. The number of hydrogen-bond donors (Lipinski definition) is 1. The number of nitrogens with zero attached hydrogens (tertiary/aromatic N) is 8. The molecule has 2 fully saturated rings. The highest BCUT2D eigenvalue weighted by molar-refractivity contribution is 7.90. The average molecular weight is 524 g/mol. The standard InChI is InChI=1S/C24H29N9O3S/c1-3-16(2)33-20-12-22(26-14-19(20)24(30-33)31-8-10-36-11-9-31)28-21-6-7-25-23(29-21)17-13-27-32(15-17)37(34,35)18-4-5-18/h6-7,12-16,18H,3-5,8-11H2,1-2H3,(H,25,26,28,29)/t16-/m1/s1. The van der Waals surface area contributed by atoms with E-state index in [4.69, 9.17) is 9.84 Å². The summed E-state index contributed by atoms with van der Waals surface area (Å²) in [5, 5.41) is 12.9. The molecule has 0 aromatic carbocycles. The van der Waals surface area contributed by atoms with E-state index in [1.54, 1.807) is 12.3 Å². The van der Waals surface area contributed by atoms with E-state index in [0.29, 0.717) is 49.1 Å². The number of anilines is 3. The average Bonchev–Trinajstić information content (AvgIpc) is 3.55. The molecule has 1 saturated heterocycles. The van der Waals surface area contributed by atoms with Gasteiger partial charge in [0.05, 0.1) is 47.3 Å². The molecular formula is C24H29N9O3S. The minimum absolute atomic E-state index is 0.224. The molecule has 1 atom stereocenters. The van der Waals surface area contributed by atoms with Crippen molar-refractivity contribution in [3.8, 4) is 11.4 Å². The third-order valence-electron chi connectivity index (χ3n) is 6.83. The van der Waals surface area contributed by atoms with Gasteiger partial charge >= 0.3 is 0 Å². The van der Waals surface area contributed by atoms with Crippen molar-refractivity contribution >= 4 is 38.4 Å². The molecule has 194 valence electrons. The Balaban J connectivity index is 1.29. The number of fused-ring (bicyclic) bond motifs is 1. The fraction of sp³-hybridized carbons (Fsp3) is 0.458. The molecule has 1 N–H and O–H groups in total. The maximum Gasteiger partial charge on any atom is 0.256 e. The highest BCUT2D eigenvalue weighted by Crippen LogP contribution is 2.32. The van der Waals surface area contributed by atoms with Crippen molar-refractivity contribution in [3.63, 3.8) is 0 Å². The molecule has 0 radical (unpaired) electrons. The van der Waals surface area contributed by atoms with Crippen LogP contribution < -0.4 is 10.2 Å². The molecular weight excluding hydrogens is 494 g/mol. The van der Waals surface area contributed by atoms with Crippen LogP contribution in [0, 0.1) is 0 Å². The number of hydrogen-bond acceptors (Lipinski definition) is 10. The van der Waals surface area contributed by atoms with Crippen LogP contribution in [0.1, 0.15) is 39.2 Å². The van der Waals surface area contributed by atoms with Gasteiger partial charge < -0.3 is 15.0 Å². The van der Waals surface area contributed by atoms with Crippen molar-refractivity contribution in [2.24, 2.45) is 0 Å². The Bertz CT molecular complexity index is 1540. The quantitative estimate of drug-likeness (QED) is 0.367. The van der Waals surface area contributed by atoms with E-state index >= 15 is 0 Å². The molecule has 4 aromatic heterocycles. The Morgan fingerprint density at radius 3 is 2.73 bits per heavy atom. The van der Waals surface area contributed by atoms with E-state index in [-0.39, 0.29) is 11.3 Å². The Kier molecular flexibility index (Phi) is 6.03. The summed E-state index contributed by atoms with van der Waals surface area (Å²) < 4.78 is 33.6. The Hall–Kier alpha value is -3.58. The number of pyridine rings is 1. The largest absolute Gasteiger partial charge is 0.378 e. The normalized spacial score (nSPS) is 17.3. The minimum Gasteiger partial charge on any atom is -0.378 e. The van der Waals surface area contributed by atoms with Gasteiger partial charge in [-0.05, 0) is 32.3 Å². The lowest BCUT2D eigenvalue weighted by Gasteiger charge is -2.27. The molecule has 5 heterocycles. The summed E-state index contributed by atoms with van der Waals surface area (Å²) in [6.45, 7) is 7.28. The Morgan fingerprint density at radius 2 is 1.97 bits per heavy atom. The fourth-order valence-corrected chi connectivity index (χ4v) is 5.86. The highest BCUT2D eigenvalue weighted by atomic mass is 32.2. The molecule has 0 bridgehead atoms. The predicted octanol–water partition coefficient (Wildman–Crippen LogP) is 2.98. The van der Waals surface area contributed by atoms with Crippen LogP contribution in [-0.4, -0.2) is 73.9 Å². The highest BCUT2D eigenvalue weighted by Gasteiger charge is 2.37. The first-order valence-electron chi connectivity index (χ1n) is 12.5. The van der Waals surface area contributed by atoms with Gasteiger partial charge in [0, 0.05) is 37.6 Å². The van der Waals surface area contributed by atoms with Crippen LogP contribution in [0.4, 0.5) is 17.5 Å². The van der Waals surface area contributed by atoms with Crippen molar-refractivity contribution in [1.82, 2.24) is 33.9 Å². The van der Waals surface area contributed by atoms with E-state index in [1.807, 2.05) is 12.3 Å². The molecule has 6 rings (SSSR count). The molecule has 1 aliphatic carbocycles. The first-order valence-corrected chi connectivity index (χ1v) is 14.0. The molecule has 0 spiro atoms. The lowest BCUT2D eigenvalue weighted by atomic mass is 10.2. The van der Waals surface area contributed by atoms with Crippen molar-refractivity contribution < 1.29 is 13.2 Å². The molecule has 2 aliphatic rings. The zero-order chi connectivity index (χ0) is 25.6. The van der Waals surface area contributed by atoms with Gasteiger partial charge in [0.1, 0.15) is 11.6 Å². The summed E-state index contributed by atoms with van der Waals surface area (Å²) in [4.78, 5) is 15.8. The van der Waals surface area contributed by atoms with Gasteiger partial charge in [0.15, 0.2) is 11.6 Å². The van der Waals surface area contributed by atoms with Crippen LogP contribution >= 0.6 is 0 Å². The van der Waals surface area contributed by atoms with Crippen LogP contribution in [0.15, 0.2) is 36.9 Å². The van der Waals surface area contributed by atoms with Gasteiger partial charge in [-0.2, -0.15) is 14.3 Å². The lowest BCUT2D eigenvalue weighted by Crippen LogP contribution is -2.36.